The van der Waals surface area contributed by atoms with E-state index in [1.165, 1.54) is 32.2 Å². The number of guanidine groups is 1. The van der Waals surface area contributed by atoms with Crippen LogP contribution >= 0.6 is 0 Å². The van der Waals surface area contributed by atoms with E-state index >= 15 is 0 Å². The van der Waals surface area contributed by atoms with Crippen molar-refractivity contribution < 1.29 is 8.42 Å². The van der Waals surface area contributed by atoms with Crippen molar-refractivity contribution in [3.8, 4) is 0 Å². The zero-order chi connectivity index (χ0) is 18.8. The van der Waals surface area contributed by atoms with Gasteiger partial charge in [0, 0.05) is 25.9 Å². The van der Waals surface area contributed by atoms with Crippen LogP contribution in [0.15, 0.2) is 34.2 Å². The summed E-state index contributed by atoms with van der Waals surface area (Å²) in [7, 11) is -3.13. The van der Waals surface area contributed by atoms with E-state index in [9.17, 15) is 8.42 Å². The fourth-order valence-corrected chi connectivity index (χ4v) is 3.69. The molecule has 6 nitrogen and oxygen atoms in total. The quantitative estimate of drug-likeness (QED) is 0.387. The standard InChI is InChI=1S/C19H32N4O2S/c1-3-20-19(21-12-6-16-23-14-4-5-15-23)22-13-11-17-7-9-18(10-8-17)26(2,24)25/h7-10H,3-6,11-16H2,1-2H3,(H2,20,21,22). The van der Waals surface area contributed by atoms with Gasteiger partial charge in [0.1, 0.15) is 0 Å². The number of rotatable bonds is 9. The predicted octanol–water partition coefficient (Wildman–Crippen LogP) is 1.67. The van der Waals surface area contributed by atoms with Gasteiger partial charge >= 0.3 is 0 Å². The minimum Gasteiger partial charge on any atom is -0.357 e. The van der Waals surface area contributed by atoms with Crippen LogP contribution in [0.3, 0.4) is 0 Å². The number of benzene rings is 1. The molecule has 2 rings (SSSR count). The van der Waals surface area contributed by atoms with Gasteiger partial charge in [-0.1, -0.05) is 12.1 Å². The van der Waals surface area contributed by atoms with Crippen LogP contribution in [0.5, 0.6) is 0 Å². The molecule has 26 heavy (non-hydrogen) atoms. The second-order valence-electron chi connectivity index (χ2n) is 6.76. The molecule has 0 aliphatic carbocycles. The van der Waals surface area contributed by atoms with Crippen molar-refractivity contribution in [2.24, 2.45) is 4.99 Å². The number of nitrogens with zero attached hydrogens (tertiary/aromatic N) is 2. The number of nitrogens with one attached hydrogen (secondary N) is 2. The predicted molar refractivity (Wildman–Crippen MR) is 108 cm³/mol. The summed E-state index contributed by atoms with van der Waals surface area (Å²) in [4.78, 5) is 7.51. The first-order chi connectivity index (χ1) is 12.5. The molecule has 2 N–H and O–H groups in total. The van der Waals surface area contributed by atoms with Crippen LogP contribution < -0.4 is 10.6 Å². The van der Waals surface area contributed by atoms with Crippen molar-refractivity contribution in [3.05, 3.63) is 29.8 Å². The Labute approximate surface area is 158 Å². The summed E-state index contributed by atoms with van der Waals surface area (Å²) in [5, 5.41) is 6.62. The molecule has 0 unspecified atom stereocenters. The van der Waals surface area contributed by atoms with Crippen LogP contribution in [-0.2, 0) is 16.3 Å². The van der Waals surface area contributed by atoms with Crippen LogP contribution in [-0.4, -0.2) is 64.8 Å². The van der Waals surface area contributed by atoms with Gasteiger partial charge in [-0.15, -0.1) is 0 Å². The molecular formula is C19H32N4O2S. The molecule has 1 aromatic rings. The topological polar surface area (TPSA) is 73.8 Å². The molecule has 0 atom stereocenters. The molecular weight excluding hydrogens is 348 g/mol. The van der Waals surface area contributed by atoms with Crippen LogP contribution in [0.4, 0.5) is 0 Å². The highest BCUT2D eigenvalue weighted by Gasteiger charge is 2.10. The molecule has 0 radical (unpaired) electrons. The molecule has 1 heterocycles. The van der Waals surface area contributed by atoms with E-state index in [0.29, 0.717) is 4.90 Å². The van der Waals surface area contributed by atoms with E-state index in [1.54, 1.807) is 12.1 Å². The minimum absolute atomic E-state index is 0.363. The van der Waals surface area contributed by atoms with Gasteiger partial charge in [0.2, 0.25) is 0 Å². The first kappa shape index (κ1) is 20.7. The number of likely N-dealkylation sites (tertiary alicyclic amines) is 1. The number of hydrogen-bond acceptors (Lipinski definition) is 4. The maximum atomic E-state index is 11.5. The van der Waals surface area contributed by atoms with Crippen molar-refractivity contribution in [2.45, 2.75) is 37.5 Å². The molecule has 1 aliphatic heterocycles. The molecule has 1 saturated heterocycles. The smallest absolute Gasteiger partial charge is 0.191 e. The molecule has 1 aliphatic rings. The Hall–Kier alpha value is -1.60. The molecule has 1 fully saturated rings. The van der Waals surface area contributed by atoms with Gasteiger partial charge in [0.05, 0.1) is 4.90 Å². The van der Waals surface area contributed by atoms with Gasteiger partial charge in [0.15, 0.2) is 15.8 Å². The average molecular weight is 381 g/mol. The van der Waals surface area contributed by atoms with Gasteiger partial charge in [0.25, 0.3) is 0 Å². The Bertz CT molecular complexity index is 665. The summed E-state index contributed by atoms with van der Waals surface area (Å²) >= 11 is 0. The molecule has 0 bridgehead atoms. The van der Waals surface area contributed by atoms with Crippen molar-refractivity contribution in [1.82, 2.24) is 15.5 Å². The zero-order valence-electron chi connectivity index (χ0n) is 16.0. The van der Waals surface area contributed by atoms with E-state index in [1.807, 2.05) is 12.1 Å². The van der Waals surface area contributed by atoms with Gasteiger partial charge in [-0.05, 0) is 69.9 Å². The molecule has 7 heteroatoms. The number of aliphatic imine (C=N–C) groups is 1. The Morgan fingerprint density at radius 1 is 1.15 bits per heavy atom. The SMILES string of the molecule is CCNC(=NCCCN1CCCC1)NCCc1ccc(S(C)(=O)=O)cc1. The van der Waals surface area contributed by atoms with Crippen LogP contribution in [0.1, 0.15) is 31.7 Å². The molecule has 0 saturated carbocycles. The first-order valence-electron chi connectivity index (χ1n) is 9.52. The van der Waals surface area contributed by atoms with Crippen LogP contribution in [0, 0.1) is 0 Å². The van der Waals surface area contributed by atoms with Crippen molar-refractivity contribution >= 4 is 15.8 Å². The maximum Gasteiger partial charge on any atom is 0.191 e. The molecule has 146 valence electrons. The lowest BCUT2D eigenvalue weighted by molar-refractivity contribution is 0.336. The lowest BCUT2D eigenvalue weighted by atomic mass is 10.1. The van der Waals surface area contributed by atoms with E-state index < -0.39 is 9.84 Å². The fraction of sp³-hybridized carbons (Fsp3) is 0.632. The normalized spacial score (nSPS) is 16.0. The highest BCUT2D eigenvalue weighted by Crippen LogP contribution is 2.10. The second kappa shape index (κ2) is 10.5. The monoisotopic (exact) mass is 380 g/mol. The first-order valence-corrected chi connectivity index (χ1v) is 11.4. The van der Waals surface area contributed by atoms with E-state index in [0.717, 1.165) is 50.5 Å². The second-order valence-corrected chi connectivity index (χ2v) is 8.77. The summed E-state index contributed by atoms with van der Waals surface area (Å²) in [6.45, 7) is 8.09. The number of hydrogen-bond donors (Lipinski definition) is 2. The summed E-state index contributed by atoms with van der Waals surface area (Å²) in [5.74, 6) is 0.849. The van der Waals surface area contributed by atoms with Crippen molar-refractivity contribution in [1.29, 1.82) is 0 Å². The lowest BCUT2D eigenvalue weighted by Gasteiger charge is -2.14. The summed E-state index contributed by atoms with van der Waals surface area (Å²) in [5.41, 5.74) is 1.11. The summed E-state index contributed by atoms with van der Waals surface area (Å²) in [6.07, 6.45) is 5.80. The van der Waals surface area contributed by atoms with Crippen molar-refractivity contribution in [2.75, 3.05) is 45.5 Å². The Balaban J connectivity index is 1.73. The summed E-state index contributed by atoms with van der Waals surface area (Å²) < 4.78 is 23.0. The maximum absolute atomic E-state index is 11.5. The summed E-state index contributed by atoms with van der Waals surface area (Å²) in [6, 6.07) is 7.08. The zero-order valence-corrected chi connectivity index (χ0v) is 16.8. The van der Waals surface area contributed by atoms with E-state index in [2.05, 4.69) is 27.4 Å². The van der Waals surface area contributed by atoms with Crippen molar-refractivity contribution in [3.63, 3.8) is 0 Å². The molecule has 0 amide bonds. The van der Waals surface area contributed by atoms with E-state index in [-0.39, 0.29) is 0 Å². The Morgan fingerprint density at radius 2 is 1.85 bits per heavy atom. The van der Waals surface area contributed by atoms with Crippen LogP contribution in [0.25, 0.3) is 0 Å². The minimum atomic E-state index is -3.13. The third-order valence-electron chi connectivity index (χ3n) is 4.50. The van der Waals surface area contributed by atoms with Gasteiger partial charge in [-0.3, -0.25) is 4.99 Å². The van der Waals surface area contributed by atoms with Crippen LogP contribution in [0.2, 0.25) is 0 Å². The third-order valence-corrected chi connectivity index (χ3v) is 5.63. The molecule has 0 spiro atoms. The van der Waals surface area contributed by atoms with E-state index in [4.69, 9.17) is 0 Å². The third kappa shape index (κ3) is 7.33. The molecule has 0 aromatic heterocycles. The highest BCUT2D eigenvalue weighted by molar-refractivity contribution is 7.90. The lowest BCUT2D eigenvalue weighted by Crippen LogP contribution is -2.38. The van der Waals surface area contributed by atoms with Gasteiger partial charge in [-0.25, -0.2) is 8.42 Å². The highest BCUT2D eigenvalue weighted by atomic mass is 32.2. The average Bonchev–Trinajstić information content (AvgIpc) is 3.12. The largest absolute Gasteiger partial charge is 0.357 e. The Kier molecular flexibility index (Phi) is 8.38. The number of sulfone groups is 1. The Morgan fingerprint density at radius 3 is 2.46 bits per heavy atom. The van der Waals surface area contributed by atoms with Gasteiger partial charge in [-0.2, -0.15) is 0 Å². The van der Waals surface area contributed by atoms with Gasteiger partial charge < -0.3 is 15.5 Å². The molecule has 1 aromatic carbocycles. The fourth-order valence-electron chi connectivity index (χ4n) is 3.06.